The van der Waals surface area contributed by atoms with Crippen molar-refractivity contribution >= 4 is 28.5 Å². The molecule has 1 aromatic carbocycles. The van der Waals surface area contributed by atoms with Crippen LogP contribution in [0.25, 0.3) is 10.9 Å². The molecule has 2 N–H and O–H groups in total. The van der Waals surface area contributed by atoms with E-state index in [2.05, 4.69) is 10.4 Å². The summed E-state index contributed by atoms with van der Waals surface area (Å²) in [5.74, 6) is -2.73. The number of hydrogen-bond acceptors (Lipinski definition) is 7. The molecule has 3 rings (SSSR count). The van der Waals surface area contributed by atoms with Crippen LogP contribution in [0.1, 0.15) is 13.8 Å². The molecular formula is C16H17N3O5. The zero-order valence-corrected chi connectivity index (χ0v) is 13.3. The zero-order valence-electron chi connectivity index (χ0n) is 13.3. The summed E-state index contributed by atoms with van der Waals surface area (Å²) in [7, 11) is 0. The highest BCUT2D eigenvalue weighted by Crippen LogP contribution is 2.23. The molecule has 126 valence electrons. The molecule has 2 aromatic rings. The molecule has 0 saturated carbocycles. The van der Waals surface area contributed by atoms with E-state index in [1.807, 2.05) is 12.1 Å². The molecule has 0 amide bonds. The van der Waals surface area contributed by atoms with E-state index < -0.39 is 17.7 Å². The molecule has 0 unspecified atom stereocenters. The van der Waals surface area contributed by atoms with E-state index in [-0.39, 0.29) is 12.2 Å². The molecule has 1 saturated heterocycles. The van der Waals surface area contributed by atoms with Crippen molar-refractivity contribution in [2.45, 2.75) is 26.2 Å². The van der Waals surface area contributed by atoms with E-state index in [1.54, 1.807) is 16.9 Å². The topological polar surface area (TPSA) is 103 Å². The number of hydrogen-bond donors (Lipinski definition) is 2. The Labute approximate surface area is 137 Å². The van der Waals surface area contributed by atoms with Gasteiger partial charge in [0.1, 0.15) is 0 Å². The maximum atomic E-state index is 11.9. The number of esters is 2. The molecule has 0 aliphatic carbocycles. The third-order valence-corrected chi connectivity index (χ3v) is 3.45. The maximum absolute atomic E-state index is 11.9. The molecule has 1 fully saturated rings. The monoisotopic (exact) mass is 331 g/mol. The van der Waals surface area contributed by atoms with Crippen LogP contribution in [0.5, 0.6) is 0 Å². The fourth-order valence-corrected chi connectivity index (χ4v) is 2.38. The number of fused-ring (bicyclic) bond motifs is 1. The second-order valence-corrected chi connectivity index (χ2v) is 5.75. The molecule has 1 aliphatic heterocycles. The van der Waals surface area contributed by atoms with Gasteiger partial charge in [-0.1, -0.05) is 0 Å². The van der Waals surface area contributed by atoms with Crippen LogP contribution in [-0.2, 0) is 25.6 Å². The first-order chi connectivity index (χ1) is 11.4. The van der Waals surface area contributed by atoms with Gasteiger partial charge in [-0.05, 0) is 18.2 Å². The van der Waals surface area contributed by atoms with Gasteiger partial charge in [-0.2, -0.15) is 5.10 Å². The number of anilines is 1. The van der Waals surface area contributed by atoms with Gasteiger partial charge in [0.15, 0.2) is 5.57 Å². The van der Waals surface area contributed by atoms with E-state index in [9.17, 15) is 9.59 Å². The summed E-state index contributed by atoms with van der Waals surface area (Å²) in [5, 5.41) is 16.9. The summed E-state index contributed by atoms with van der Waals surface area (Å²) in [5.41, 5.74) is 1.34. The number of ether oxygens (including phenoxy) is 2. The van der Waals surface area contributed by atoms with Crippen LogP contribution in [0.2, 0.25) is 0 Å². The van der Waals surface area contributed by atoms with E-state index in [1.165, 1.54) is 20.0 Å². The highest BCUT2D eigenvalue weighted by atomic mass is 16.7. The van der Waals surface area contributed by atoms with Crippen LogP contribution in [0.15, 0.2) is 36.2 Å². The normalized spacial score (nSPS) is 16.7. The van der Waals surface area contributed by atoms with Crippen LogP contribution >= 0.6 is 0 Å². The van der Waals surface area contributed by atoms with Crippen molar-refractivity contribution < 1.29 is 24.2 Å². The van der Waals surface area contributed by atoms with Crippen molar-refractivity contribution in [2.24, 2.45) is 0 Å². The van der Waals surface area contributed by atoms with Crippen LogP contribution in [0, 0.1) is 0 Å². The molecule has 0 radical (unpaired) electrons. The third kappa shape index (κ3) is 3.09. The molecule has 0 atom stereocenters. The minimum atomic E-state index is -1.26. The van der Waals surface area contributed by atoms with Gasteiger partial charge in [-0.15, -0.1) is 0 Å². The Morgan fingerprint density at radius 2 is 2.00 bits per heavy atom. The van der Waals surface area contributed by atoms with Gasteiger partial charge in [-0.25, -0.2) is 9.59 Å². The van der Waals surface area contributed by atoms with Gasteiger partial charge in [0.05, 0.1) is 24.9 Å². The number of carbonyl (C=O) groups is 2. The number of nitrogens with one attached hydrogen (secondary N) is 1. The minimum Gasteiger partial charge on any atom is -0.419 e. The number of cyclic esters (lactones) is 2. The predicted octanol–water partition coefficient (Wildman–Crippen LogP) is 1.16. The van der Waals surface area contributed by atoms with Crippen molar-refractivity contribution in [1.82, 2.24) is 9.78 Å². The maximum Gasteiger partial charge on any atom is 0.350 e. The van der Waals surface area contributed by atoms with Crippen LogP contribution in [0.3, 0.4) is 0 Å². The molecule has 24 heavy (non-hydrogen) atoms. The van der Waals surface area contributed by atoms with Gasteiger partial charge < -0.3 is 19.9 Å². The van der Waals surface area contributed by atoms with Gasteiger partial charge in [0.25, 0.3) is 5.79 Å². The first kappa shape index (κ1) is 16.0. The highest BCUT2D eigenvalue weighted by Gasteiger charge is 2.38. The molecule has 8 nitrogen and oxygen atoms in total. The summed E-state index contributed by atoms with van der Waals surface area (Å²) in [6.45, 7) is 3.40. The lowest BCUT2D eigenvalue weighted by atomic mass is 10.2. The number of aromatic nitrogens is 2. The number of rotatable bonds is 4. The Kier molecular flexibility index (Phi) is 3.98. The van der Waals surface area contributed by atoms with Gasteiger partial charge in [0.2, 0.25) is 0 Å². The summed E-state index contributed by atoms with van der Waals surface area (Å²) in [6.07, 6.45) is 2.94. The zero-order chi connectivity index (χ0) is 17.3. The largest absolute Gasteiger partial charge is 0.419 e. The summed E-state index contributed by atoms with van der Waals surface area (Å²) < 4.78 is 11.7. The Morgan fingerprint density at radius 1 is 1.29 bits per heavy atom. The average Bonchev–Trinajstić information content (AvgIpc) is 2.88. The van der Waals surface area contributed by atoms with Crippen molar-refractivity contribution in [2.75, 3.05) is 11.9 Å². The number of carbonyl (C=O) groups excluding carboxylic acids is 2. The third-order valence-electron chi connectivity index (χ3n) is 3.45. The molecule has 8 heteroatoms. The first-order valence-corrected chi connectivity index (χ1v) is 7.39. The number of nitrogens with zero attached hydrogens (tertiary/aromatic N) is 2. The first-order valence-electron chi connectivity index (χ1n) is 7.39. The van der Waals surface area contributed by atoms with E-state index in [0.717, 1.165) is 10.9 Å². The van der Waals surface area contributed by atoms with Gasteiger partial charge in [-0.3, -0.25) is 4.68 Å². The molecule has 1 aromatic heterocycles. The second-order valence-electron chi connectivity index (χ2n) is 5.75. The Bertz CT molecular complexity index is 815. The molecule has 0 bridgehead atoms. The minimum absolute atomic E-state index is 0.00342. The lowest BCUT2D eigenvalue weighted by Gasteiger charge is -2.29. The van der Waals surface area contributed by atoms with Crippen LogP contribution < -0.4 is 5.32 Å². The SMILES string of the molecule is CC1(C)OC(=O)C(=CNc2ccc3c(cnn3CCO)c2)C(=O)O1. The average molecular weight is 331 g/mol. The summed E-state index contributed by atoms with van der Waals surface area (Å²) in [6, 6.07) is 5.43. The summed E-state index contributed by atoms with van der Waals surface area (Å²) in [4.78, 5) is 23.7. The van der Waals surface area contributed by atoms with E-state index in [0.29, 0.717) is 12.2 Å². The quantitative estimate of drug-likeness (QED) is 0.492. The molecule has 2 heterocycles. The summed E-state index contributed by atoms with van der Waals surface area (Å²) >= 11 is 0. The number of aliphatic hydroxyl groups excluding tert-OH is 1. The molecule has 0 spiro atoms. The smallest absolute Gasteiger partial charge is 0.350 e. The van der Waals surface area contributed by atoms with Crippen LogP contribution in [-0.4, -0.2) is 39.2 Å². The van der Waals surface area contributed by atoms with Crippen molar-refractivity contribution in [3.8, 4) is 0 Å². The fraction of sp³-hybridized carbons (Fsp3) is 0.312. The van der Waals surface area contributed by atoms with E-state index >= 15 is 0 Å². The van der Waals surface area contributed by atoms with Crippen molar-refractivity contribution in [1.29, 1.82) is 0 Å². The number of benzene rings is 1. The van der Waals surface area contributed by atoms with Crippen molar-refractivity contribution in [3.63, 3.8) is 0 Å². The predicted molar refractivity (Wildman–Crippen MR) is 84.8 cm³/mol. The highest BCUT2D eigenvalue weighted by molar-refractivity contribution is 6.15. The van der Waals surface area contributed by atoms with Gasteiger partial charge in [0, 0.05) is 31.1 Å². The molecule has 1 aliphatic rings. The Balaban J connectivity index is 1.80. The number of aliphatic hydroxyl groups is 1. The van der Waals surface area contributed by atoms with E-state index in [4.69, 9.17) is 14.6 Å². The lowest BCUT2D eigenvalue weighted by molar-refractivity contribution is -0.222. The fourth-order valence-electron chi connectivity index (χ4n) is 2.38. The van der Waals surface area contributed by atoms with Gasteiger partial charge >= 0.3 is 11.9 Å². The Hall–Kier alpha value is -2.87. The van der Waals surface area contributed by atoms with Crippen molar-refractivity contribution in [3.05, 3.63) is 36.2 Å². The van der Waals surface area contributed by atoms with Crippen LogP contribution in [0.4, 0.5) is 5.69 Å². The standard InChI is InChI=1S/C16H17N3O5/c1-16(2)23-14(21)12(15(22)24-16)9-17-11-3-4-13-10(7-11)8-18-19(13)5-6-20/h3-4,7-9,17,20H,5-6H2,1-2H3. The lowest BCUT2D eigenvalue weighted by Crippen LogP contribution is -2.42. The molecular weight excluding hydrogens is 314 g/mol. The second kappa shape index (κ2) is 5.97. The Morgan fingerprint density at radius 3 is 2.67 bits per heavy atom.